The number of benzene rings is 2. The van der Waals surface area contributed by atoms with Gasteiger partial charge in [-0.3, -0.25) is 4.79 Å². The van der Waals surface area contributed by atoms with Crippen molar-refractivity contribution in [3.63, 3.8) is 0 Å². The lowest BCUT2D eigenvalue weighted by Crippen LogP contribution is -2.29. The Hall–Kier alpha value is -3.87. The Balaban J connectivity index is 1.76. The molecule has 2 aromatic heterocycles. The number of hydrogen-bond donors (Lipinski definition) is 3. The van der Waals surface area contributed by atoms with Gasteiger partial charge in [0.05, 0.1) is 23.7 Å². The van der Waals surface area contributed by atoms with E-state index < -0.39 is 0 Å². The van der Waals surface area contributed by atoms with Gasteiger partial charge in [0.25, 0.3) is 5.91 Å². The monoisotopic (exact) mass is 402 g/mol. The average Bonchev–Trinajstić information content (AvgIpc) is 3.16. The van der Waals surface area contributed by atoms with Crippen molar-refractivity contribution in [2.75, 3.05) is 7.11 Å². The van der Waals surface area contributed by atoms with Crippen LogP contribution in [0.1, 0.15) is 24.2 Å². The molecule has 2 aromatic carbocycles. The predicted octanol–water partition coefficient (Wildman–Crippen LogP) is 4.14. The minimum absolute atomic E-state index is 0.0482. The Morgan fingerprint density at radius 1 is 1.13 bits per heavy atom. The highest BCUT2D eigenvalue weighted by atomic mass is 16.5. The smallest absolute Gasteiger partial charge is 0.251 e. The van der Waals surface area contributed by atoms with Crippen LogP contribution < -0.4 is 10.1 Å². The lowest BCUT2D eigenvalue weighted by molar-refractivity contribution is 0.0943. The summed E-state index contributed by atoms with van der Waals surface area (Å²) in [6.07, 6.45) is 1.66. The molecule has 0 aliphatic carbocycles. The number of nitrogens with zero attached hydrogens (tertiary/aromatic N) is 2. The number of ether oxygens (including phenoxy) is 1. The molecule has 0 unspecified atom stereocenters. The molecule has 7 nitrogen and oxygen atoms in total. The van der Waals surface area contributed by atoms with E-state index in [0.29, 0.717) is 28.3 Å². The minimum Gasteiger partial charge on any atom is -0.507 e. The summed E-state index contributed by atoms with van der Waals surface area (Å²) in [5.41, 5.74) is 4.14. The fraction of sp³-hybridized carbons (Fsp3) is 0.174. The lowest BCUT2D eigenvalue weighted by atomic mass is 10.0. The second-order valence-electron chi connectivity index (χ2n) is 7.24. The SMILES string of the molecule is COc1ncccc1-c1ccc(O)c(-c2nc3cc(C(=O)NC(C)C)ccc3[nH]2)c1. The van der Waals surface area contributed by atoms with Gasteiger partial charge in [-0.25, -0.2) is 9.97 Å². The van der Waals surface area contributed by atoms with E-state index in [4.69, 9.17) is 4.74 Å². The number of carbonyl (C=O) groups is 1. The van der Waals surface area contributed by atoms with E-state index in [1.165, 1.54) is 0 Å². The quantitative estimate of drug-likeness (QED) is 0.466. The highest BCUT2D eigenvalue weighted by Gasteiger charge is 2.15. The van der Waals surface area contributed by atoms with Crippen molar-refractivity contribution < 1.29 is 14.6 Å². The van der Waals surface area contributed by atoms with Crippen molar-refractivity contribution in [3.05, 3.63) is 60.3 Å². The van der Waals surface area contributed by atoms with Crippen LogP contribution in [0.25, 0.3) is 33.5 Å². The van der Waals surface area contributed by atoms with Crippen LogP contribution in [0.2, 0.25) is 0 Å². The molecule has 4 aromatic rings. The number of aromatic amines is 1. The topological polar surface area (TPSA) is 100 Å². The zero-order valence-electron chi connectivity index (χ0n) is 16.9. The standard InChI is InChI=1S/C23H22N4O3/c1-13(2)25-22(29)15-6-8-18-19(12-15)27-21(26-18)17-11-14(7-9-20(17)28)16-5-4-10-24-23(16)30-3/h4-13,28H,1-3H3,(H,25,29)(H,26,27). The van der Waals surface area contributed by atoms with Gasteiger partial charge in [0.1, 0.15) is 11.6 Å². The zero-order chi connectivity index (χ0) is 21.3. The van der Waals surface area contributed by atoms with Crippen molar-refractivity contribution >= 4 is 16.9 Å². The van der Waals surface area contributed by atoms with Gasteiger partial charge in [0.15, 0.2) is 0 Å². The average molecular weight is 402 g/mol. The molecular weight excluding hydrogens is 380 g/mol. The third-order valence-corrected chi connectivity index (χ3v) is 4.69. The molecule has 0 saturated heterocycles. The molecule has 0 radical (unpaired) electrons. The van der Waals surface area contributed by atoms with Crippen LogP contribution in [0.5, 0.6) is 11.6 Å². The van der Waals surface area contributed by atoms with Gasteiger partial charge in [-0.2, -0.15) is 0 Å². The number of rotatable bonds is 5. The normalized spacial score (nSPS) is 11.1. The summed E-state index contributed by atoms with van der Waals surface area (Å²) in [5, 5.41) is 13.3. The molecule has 0 fully saturated rings. The Morgan fingerprint density at radius 2 is 1.97 bits per heavy atom. The first-order chi connectivity index (χ1) is 14.5. The van der Waals surface area contributed by atoms with Gasteiger partial charge >= 0.3 is 0 Å². The third kappa shape index (κ3) is 3.69. The molecule has 152 valence electrons. The number of fused-ring (bicyclic) bond motifs is 1. The van der Waals surface area contributed by atoms with Gasteiger partial charge in [-0.1, -0.05) is 6.07 Å². The number of imidazole rings is 1. The van der Waals surface area contributed by atoms with E-state index in [0.717, 1.165) is 16.6 Å². The molecule has 0 spiro atoms. The van der Waals surface area contributed by atoms with Gasteiger partial charge in [-0.05, 0) is 61.9 Å². The van der Waals surface area contributed by atoms with Crippen LogP contribution in [0, 0.1) is 0 Å². The van der Waals surface area contributed by atoms with Crippen LogP contribution in [0.3, 0.4) is 0 Å². The maximum absolute atomic E-state index is 12.3. The van der Waals surface area contributed by atoms with Crippen LogP contribution in [-0.2, 0) is 0 Å². The van der Waals surface area contributed by atoms with E-state index >= 15 is 0 Å². The van der Waals surface area contributed by atoms with Crippen molar-refractivity contribution in [1.29, 1.82) is 0 Å². The Labute approximate surface area is 173 Å². The van der Waals surface area contributed by atoms with Gasteiger partial charge in [0.2, 0.25) is 5.88 Å². The highest BCUT2D eigenvalue weighted by Crippen LogP contribution is 2.35. The van der Waals surface area contributed by atoms with Gasteiger partial charge in [0, 0.05) is 23.4 Å². The summed E-state index contributed by atoms with van der Waals surface area (Å²) in [5.74, 6) is 0.955. The molecule has 0 saturated carbocycles. The molecule has 0 aliphatic heterocycles. The number of aromatic nitrogens is 3. The van der Waals surface area contributed by atoms with Crippen molar-refractivity contribution in [2.45, 2.75) is 19.9 Å². The Kier molecular flexibility index (Phi) is 5.10. The van der Waals surface area contributed by atoms with Crippen molar-refractivity contribution in [1.82, 2.24) is 20.3 Å². The Bertz CT molecular complexity index is 1230. The van der Waals surface area contributed by atoms with E-state index in [-0.39, 0.29) is 17.7 Å². The van der Waals surface area contributed by atoms with Crippen LogP contribution in [-0.4, -0.2) is 39.1 Å². The molecule has 30 heavy (non-hydrogen) atoms. The number of H-pyrrole nitrogens is 1. The highest BCUT2D eigenvalue weighted by molar-refractivity contribution is 5.98. The number of amides is 1. The second-order valence-corrected chi connectivity index (χ2v) is 7.24. The summed E-state index contributed by atoms with van der Waals surface area (Å²) in [6.45, 7) is 3.83. The molecule has 1 amide bonds. The largest absolute Gasteiger partial charge is 0.507 e. The number of carbonyl (C=O) groups excluding carboxylic acids is 1. The number of aromatic hydroxyl groups is 1. The van der Waals surface area contributed by atoms with E-state index in [1.54, 1.807) is 37.6 Å². The molecular formula is C23H22N4O3. The fourth-order valence-electron chi connectivity index (χ4n) is 3.29. The molecule has 0 bridgehead atoms. The van der Waals surface area contributed by atoms with E-state index in [9.17, 15) is 9.90 Å². The van der Waals surface area contributed by atoms with Crippen molar-refractivity contribution in [2.24, 2.45) is 0 Å². The lowest BCUT2D eigenvalue weighted by Gasteiger charge is -2.09. The summed E-state index contributed by atoms with van der Waals surface area (Å²) in [4.78, 5) is 24.3. The first kappa shape index (κ1) is 19.4. The number of nitrogens with one attached hydrogen (secondary N) is 2. The Morgan fingerprint density at radius 3 is 2.73 bits per heavy atom. The summed E-state index contributed by atoms with van der Waals surface area (Å²) in [7, 11) is 1.57. The fourth-order valence-corrected chi connectivity index (χ4v) is 3.29. The maximum atomic E-state index is 12.3. The van der Waals surface area contributed by atoms with Crippen LogP contribution in [0.15, 0.2) is 54.7 Å². The van der Waals surface area contributed by atoms with Crippen LogP contribution >= 0.6 is 0 Å². The number of methoxy groups -OCH3 is 1. The number of hydrogen-bond acceptors (Lipinski definition) is 5. The molecule has 7 heteroatoms. The van der Waals surface area contributed by atoms with Gasteiger partial charge in [-0.15, -0.1) is 0 Å². The van der Waals surface area contributed by atoms with Crippen LogP contribution in [0.4, 0.5) is 0 Å². The molecule has 4 rings (SSSR count). The number of phenolic OH excluding ortho intramolecular Hbond substituents is 1. The van der Waals surface area contributed by atoms with E-state index in [2.05, 4.69) is 20.3 Å². The van der Waals surface area contributed by atoms with E-state index in [1.807, 2.05) is 38.1 Å². The third-order valence-electron chi connectivity index (χ3n) is 4.69. The van der Waals surface area contributed by atoms with Gasteiger partial charge < -0.3 is 20.1 Å². The summed E-state index contributed by atoms with van der Waals surface area (Å²) in [6, 6.07) is 14.3. The maximum Gasteiger partial charge on any atom is 0.251 e. The zero-order valence-corrected chi connectivity index (χ0v) is 16.9. The van der Waals surface area contributed by atoms with Crippen molar-refractivity contribution in [3.8, 4) is 34.1 Å². The predicted molar refractivity (Wildman–Crippen MR) is 116 cm³/mol. The first-order valence-corrected chi connectivity index (χ1v) is 9.59. The summed E-state index contributed by atoms with van der Waals surface area (Å²) < 4.78 is 5.35. The second kappa shape index (κ2) is 7.87. The number of pyridine rings is 1. The molecule has 0 aliphatic rings. The molecule has 2 heterocycles. The number of phenols is 1. The minimum atomic E-state index is -0.148. The first-order valence-electron chi connectivity index (χ1n) is 9.59. The molecule has 0 atom stereocenters. The summed E-state index contributed by atoms with van der Waals surface area (Å²) >= 11 is 0. The molecule has 3 N–H and O–H groups in total.